The molecule has 2 atom stereocenters. The second kappa shape index (κ2) is 4.63. The van der Waals surface area contributed by atoms with Crippen molar-refractivity contribution in [2.45, 2.75) is 31.4 Å². The third-order valence-corrected chi connectivity index (χ3v) is 4.22. The minimum absolute atomic E-state index is 0.00333. The summed E-state index contributed by atoms with van der Waals surface area (Å²) in [4.78, 5) is 0. The van der Waals surface area contributed by atoms with Crippen molar-refractivity contribution in [2.24, 2.45) is 0 Å². The SMILES string of the molecule is O=S1(=O)C=CC(NCCC2CCCO2)C1. The van der Waals surface area contributed by atoms with Crippen molar-refractivity contribution in [1.29, 1.82) is 0 Å². The molecule has 4 nitrogen and oxygen atoms in total. The highest BCUT2D eigenvalue weighted by molar-refractivity contribution is 7.94. The van der Waals surface area contributed by atoms with Gasteiger partial charge in [-0.05, 0) is 25.8 Å². The van der Waals surface area contributed by atoms with E-state index in [1.807, 2.05) is 0 Å². The van der Waals surface area contributed by atoms with Gasteiger partial charge in [-0.15, -0.1) is 0 Å². The Bertz CT molecular complexity index is 331. The minimum atomic E-state index is -2.92. The molecule has 0 aliphatic carbocycles. The number of hydrogen-bond acceptors (Lipinski definition) is 4. The van der Waals surface area contributed by atoms with Crippen LogP contribution in [0.1, 0.15) is 19.3 Å². The van der Waals surface area contributed by atoms with E-state index < -0.39 is 9.84 Å². The summed E-state index contributed by atoms with van der Waals surface area (Å²) in [7, 11) is -2.92. The fourth-order valence-corrected chi connectivity index (χ4v) is 3.27. The molecule has 2 aliphatic rings. The molecule has 2 aliphatic heterocycles. The van der Waals surface area contributed by atoms with E-state index in [-0.39, 0.29) is 11.8 Å². The molecule has 0 amide bonds. The topological polar surface area (TPSA) is 55.4 Å². The molecule has 15 heavy (non-hydrogen) atoms. The number of nitrogens with one attached hydrogen (secondary N) is 1. The lowest BCUT2D eigenvalue weighted by atomic mass is 10.2. The van der Waals surface area contributed by atoms with Gasteiger partial charge < -0.3 is 10.1 Å². The normalized spacial score (nSPS) is 33.6. The molecule has 1 N–H and O–H groups in total. The van der Waals surface area contributed by atoms with Gasteiger partial charge in [0.1, 0.15) is 0 Å². The highest BCUT2D eigenvalue weighted by Gasteiger charge is 2.21. The van der Waals surface area contributed by atoms with Crippen molar-refractivity contribution in [3.05, 3.63) is 11.5 Å². The zero-order valence-corrected chi connectivity index (χ0v) is 9.50. The van der Waals surface area contributed by atoms with E-state index in [0.29, 0.717) is 6.10 Å². The number of sulfone groups is 1. The first-order chi connectivity index (χ1) is 7.16. The Balaban J connectivity index is 1.65. The van der Waals surface area contributed by atoms with Crippen molar-refractivity contribution in [1.82, 2.24) is 5.32 Å². The lowest BCUT2D eigenvalue weighted by Crippen LogP contribution is -2.32. The molecule has 0 aromatic heterocycles. The summed E-state index contributed by atoms with van der Waals surface area (Å²) < 4.78 is 27.7. The zero-order chi connectivity index (χ0) is 10.7. The summed E-state index contributed by atoms with van der Waals surface area (Å²) >= 11 is 0. The van der Waals surface area contributed by atoms with E-state index in [2.05, 4.69) is 5.32 Å². The van der Waals surface area contributed by atoms with Crippen LogP contribution in [0.25, 0.3) is 0 Å². The van der Waals surface area contributed by atoms with Gasteiger partial charge in [-0.2, -0.15) is 0 Å². The van der Waals surface area contributed by atoms with E-state index in [4.69, 9.17) is 4.74 Å². The van der Waals surface area contributed by atoms with E-state index in [1.165, 1.54) is 5.41 Å². The Hall–Kier alpha value is -0.390. The average molecular weight is 231 g/mol. The van der Waals surface area contributed by atoms with Gasteiger partial charge in [0, 0.05) is 18.1 Å². The zero-order valence-electron chi connectivity index (χ0n) is 8.69. The van der Waals surface area contributed by atoms with Crippen LogP contribution in [0.15, 0.2) is 11.5 Å². The molecule has 86 valence electrons. The molecule has 1 fully saturated rings. The highest BCUT2D eigenvalue weighted by Crippen LogP contribution is 2.15. The Morgan fingerprint density at radius 1 is 1.47 bits per heavy atom. The third kappa shape index (κ3) is 3.29. The molecule has 0 aromatic carbocycles. The van der Waals surface area contributed by atoms with E-state index in [1.54, 1.807) is 6.08 Å². The quantitative estimate of drug-likeness (QED) is 0.763. The Labute approximate surface area is 90.6 Å². The van der Waals surface area contributed by atoms with Crippen LogP contribution in [0.3, 0.4) is 0 Å². The molecule has 0 bridgehead atoms. The summed E-state index contributed by atoms with van der Waals surface area (Å²) in [5.74, 6) is 0.207. The van der Waals surface area contributed by atoms with Gasteiger partial charge in [-0.25, -0.2) is 8.42 Å². The van der Waals surface area contributed by atoms with Gasteiger partial charge >= 0.3 is 0 Å². The second-order valence-corrected chi connectivity index (χ2v) is 6.07. The average Bonchev–Trinajstić information content (AvgIpc) is 2.76. The van der Waals surface area contributed by atoms with Crippen LogP contribution in [-0.4, -0.2) is 39.5 Å². The molecule has 5 heteroatoms. The Morgan fingerprint density at radius 3 is 2.93 bits per heavy atom. The van der Waals surface area contributed by atoms with Gasteiger partial charge in [0.25, 0.3) is 0 Å². The molecule has 0 spiro atoms. The first-order valence-corrected chi connectivity index (χ1v) is 7.13. The van der Waals surface area contributed by atoms with Gasteiger partial charge in [-0.1, -0.05) is 6.08 Å². The van der Waals surface area contributed by atoms with Crippen molar-refractivity contribution in [3.8, 4) is 0 Å². The maximum absolute atomic E-state index is 11.1. The van der Waals surface area contributed by atoms with Crippen LogP contribution in [0.5, 0.6) is 0 Å². The summed E-state index contributed by atoms with van der Waals surface area (Å²) in [5.41, 5.74) is 0. The van der Waals surface area contributed by atoms with Crippen LogP contribution in [0, 0.1) is 0 Å². The lowest BCUT2D eigenvalue weighted by Gasteiger charge is -2.12. The summed E-state index contributed by atoms with van der Waals surface area (Å²) in [5, 5.41) is 4.52. The Morgan fingerprint density at radius 2 is 2.33 bits per heavy atom. The van der Waals surface area contributed by atoms with E-state index >= 15 is 0 Å². The maximum atomic E-state index is 11.1. The predicted molar refractivity (Wildman–Crippen MR) is 58.3 cm³/mol. The predicted octanol–water partition coefficient (Wildman–Crippen LogP) is 0.456. The summed E-state index contributed by atoms with van der Waals surface area (Å²) in [6, 6.07) is -0.00333. The fraction of sp³-hybridized carbons (Fsp3) is 0.800. The molecular formula is C10H17NO3S. The van der Waals surface area contributed by atoms with Gasteiger partial charge in [0.05, 0.1) is 11.9 Å². The molecule has 0 aromatic rings. The minimum Gasteiger partial charge on any atom is -0.378 e. The van der Waals surface area contributed by atoms with Gasteiger partial charge in [0.15, 0.2) is 9.84 Å². The van der Waals surface area contributed by atoms with Crippen LogP contribution in [0.2, 0.25) is 0 Å². The van der Waals surface area contributed by atoms with Crippen molar-refractivity contribution >= 4 is 9.84 Å². The molecule has 1 saturated heterocycles. The largest absolute Gasteiger partial charge is 0.378 e. The number of rotatable bonds is 4. The molecule has 2 heterocycles. The maximum Gasteiger partial charge on any atom is 0.173 e. The van der Waals surface area contributed by atoms with Crippen LogP contribution in [0.4, 0.5) is 0 Å². The van der Waals surface area contributed by atoms with E-state index in [0.717, 1.165) is 32.4 Å². The molecular weight excluding hydrogens is 214 g/mol. The lowest BCUT2D eigenvalue weighted by molar-refractivity contribution is 0.104. The van der Waals surface area contributed by atoms with E-state index in [9.17, 15) is 8.42 Å². The third-order valence-electron chi connectivity index (χ3n) is 2.83. The number of hydrogen-bond donors (Lipinski definition) is 1. The monoisotopic (exact) mass is 231 g/mol. The molecule has 2 rings (SSSR count). The molecule has 2 unspecified atom stereocenters. The summed E-state index contributed by atoms with van der Waals surface area (Å²) in [6.07, 6.45) is 5.37. The standard InChI is InChI=1S/C10H17NO3S/c12-15(13)7-4-9(8-15)11-5-3-10-2-1-6-14-10/h4,7,9-11H,1-3,5-6,8H2. The second-order valence-electron chi connectivity index (χ2n) is 4.14. The van der Waals surface area contributed by atoms with Gasteiger partial charge in [0.2, 0.25) is 0 Å². The van der Waals surface area contributed by atoms with Crippen LogP contribution >= 0.6 is 0 Å². The Kier molecular flexibility index (Phi) is 3.43. The van der Waals surface area contributed by atoms with Crippen molar-refractivity contribution < 1.29 is 13.2 Å². The first-order valence-electron chi connectivity index (χ1n) is 5.42. The van der Waals surface area contributed by atoms with Crippen molar-refractivity contribution in [2.75, 3.05) is 18.9 Å². The molecule has 0 radical (unpaired) electrons. The fourth-order valence-electron chi connectivity index (χ4n) is 2.00. The van der Waals surface area contributed by atoms with Crippen LogP contribution < -0.4 is 5.32 Å². The first kappa shape index (κ1) is 11.1. The highest BCUT2D eigenvalue weighted by atomic mass is 32.2. The number of ether oxygens (including phenoxy) is 1. The van der Waals surface area contributed by atoms with Crippen molar-refractivity contribution in [3.63, 3.8) is 0 Å². The van der Waals surface area contributed by atoms with Crippen LogP contribution in [-0.2, 0) is 14.6 Å². The van der Waals surface area contributed by atoms with Gasteiger partial charge in [-0.3, -0.25) is 0 Å². The smallest absolute Gasteiger partial charge is 0.173 e. The summed E-state index contributed by atoms with van der Waals surface area (Å²) in [6.45, 7) is 1.71. The molecule has 0 saturated carbocycles.